The Balaban J connectivity index is 4.51. The van der Waals surface area contributed by atoms with Crippen LogP contribution in [0, 0.1) is 11.3 Å². The summed E-state index contributed by atoms with van der Waals surface area (Å²) < 4.78 is 12.7. The molecule has 0 saturated heterocycles. The lowest BCUT2D eigenvalue weighted by Gasteiger charge is -2.32. The SMILES string of the molecule is CCCCC(C)(C/C(=C\F)CC)CC(C)C. The third-order valence-electron chi connectivity index (χ3n) is 3.30. The first-order valence-electron chi connectivity index (χ1n) is 6.75. The minimum Gasteiger partial charge on any atom is -0.216 e. The van der Waals surface area contributed by atoms with Crippen LogP contribution in [0.1, 0.15) is 73.1 Å². The maximum atomic E-state index is 12.7. The van der Waals surface area contributed by atoms with Crippen molar-refractivity contribution in [1.29, 1.82) is 0 Å². The number of hydrogen-bond acceptors (Lipinski definition) is 0. The molecule has 0 nitrogen and oxygen atoms in total. The number of halogens is 1. The molecule has 0 fully saturated rings. The number of allylic oxidation sites excluding steroid dienone is 1. The number of unbranched alkanes of at least 4 members (excludes halogenated alkanes) is 1. The van der Waals surface area contributed by atoms with E-state index in [-0.39, 0.29) is 5.41 Å². The van der Waals surface area contributed by atoms with Gasteiger partial charge >= 0.3 is 0 Å². The molecule has 0 aliphatic rings. The summed E-state index contributed by atoms with van der Waals surface area (Å²) in [4.78, 5) is 0. The lowest BCUT2D eigenvalue weighted by Crippen LogP contribution is -2.20. The molecule has 0 bridgehead atoms. The summed E-state index contributed by atoms with van der Waals surface area (Å²) in [6.45, 7) is 11.1. The Morgan fingerprint density at radius 3 is 2.31 bits per heavy atom. The summed E-state index contributed by atoms with van der Waals surface area (Å²) in [5.74, 6) is 0.694. The van der Waals surface area contributed by atoms with Gasteiger partial charge in [0, 0.05) is 0 Å². The molecular weight excluding hydrogens is 199 g/mol. The van der Waals surface area contributed by atoms with Crippen LogP contribution in [0.25, 0.3) is 0 Å². The van der Waals surface area contributed by atoms with Crippen molar-refractivity contribution in [1.82, 2.24) is 0 Å². The molecule has 0 saturated carbocycles. The van der Waals surface area contributed by atoms with Gasteiger partial charge < -0.3 is 0 Å². The van der Waals surface area contributed by atoms with E-state index in [0.29, 0.717) is 5.92 Å². The van der Waals surface area contributed by atoms with Crippen LogP contribution >= 0.6 is 0 Å². The van der Waals surface area contributed by atoms with Crippen LogP contribution in [0.5, 0.6) is 0 Å². The fourth-order valence-corrected chi connectivity index (χ4v) is 2.64. The van der Waals surface area contributed by atoms with Crippen molar-refractivity contribution in [2.75, 3.05) is 0 Å². The Bertz CT molecular complexity index is 205. The highest BCUT2D eigenvalue weighted by Gasteiger charge is 2.25. The van der Waals surface area contributed by atoms with E-state index in [4.69, 9.17) is 0 Å². The van der Waals surface area contributed by atoms with Crippen LogP contribution in [0.4, 0.5) is 4.39 Å². The zero-order valence-corrected chi connectivity index (χ0v) is 11.8. The first-order chi connectivity index (χ1) is 7.47. The Hall–Kier alpha value is -0.330. The summed E-state index contributed by atoms with van der Waals surface area (Å²) in [6.07, 6.45) is 7.50. The Labute approximate surface area is 101 Å². The van der Waals surface area contributed by atoms with Gasteiger partial charge in [-0.15, -0.1) is 0 Å². The molecule has 0 aromatic carbocycles. The van der Waals surface area contributed by atoms with Crippen LogP contribution in [0.2, 0.25) is 0 Å². The molecule has 0 N–H and O–H groups in total. The first kappa shape index (κ1) is 15.7. The van der Waals surface area contributed by atoms with Crippen molar-refractivity contribution in [3.8, 4) is 0 Å². The minimum absolute atomic E-state index is 0.290. The second-order valence-corrected chi connectivity index (χ2v) is 5.81. The molecule has 0 amide bonds. The van der Waals surface area contributed by atoms with Crippen LogP contribution in [-0.4, -0.2) is 0 Å². The van der Waals surface area contributed by atoms with E-state index in [1.807, 2.05) is 6.92 Å². The van der Waals surface area contributed by atoms with Gasteiger partial charge in [0.15, 0.2) is 0 Å². The number of rotatable bonds is 8. The standard InChI is InChI=1S/C15H29F/c1-6-8-9-15(5,10-13(3)4)11-14(7-2)12-16/h12-13H,6-11H2,1-5H3/b14-12-. The fourth-order valence-electron chi connectivity index (χ4n) is 2.64. The molecule has 0 aromatic heterocycles. The van der Waals surface area contributed by atoms with E-state index in [0.717, 1.165) is 24.7 Å². The second kappa shape index (κ2) is 7.86. The van der Waals surface area contributed by atoms with Crippen LogP contribution in [0.3, 0.4) is 0 Å². The molecule has 1 unspecified atom stereocenters. The molecule has 96 valence electrons. The molecule has 0 rings (SSSR count). The summed E-state index contributed by atoms with van der Waals surface area (Å²) in [6, 6.07) is 0. The van der Waals surface area contributed by atoms with Gasteiger partial charge in [0.2, 0.25) is 0 Å². The van der Waals surface area contributed by atoms with E-state index in [2.05, 4.69) is 27.7 Å². The van der Waals surface area contributed by atoms with Gasteiger partial charge in [0.05, 0.1) is 6.33 Å². The van der Waals surface area contributed by atoms with Crippen molar-refractivity contribution < 1.29 is 4.39 Å². The minimum atomic E-state index is 0.290. The highest BCUT2D eigenvalue weighted by molar-refractivity contribution is 5.01. The van der Waals surface area contributed by atoms with E-state index >= 15 is 0 Å². The van der Waals surface area contributed by atoms with Gasteiger partial charge in [0.1, 0.15) is 0 Å². The zero-order chi connectivity index (χ0) is 12.6. The fraction of sp³-hybridized carbons (Fsp3) is 0.867. The summed E-state index contributed by atoms with van der Waals surface area (Å²) in [5, 5.41) is 0. The average Bonchev–Trinajstić information content (AvgIpc) is 2.22. The van der Waals surface area contributed by atoms with Crippen molar-refractivity contribution in [3.63, 3.8) is 0 Å². The highest BCUT2D eigenvalue weighted by atomic mass is 19.1. The van der Waals surface area contributed by atoms with Crippen molar-refractivity contribution in [2.24, 2.45) is 11.3 Å². The molecule has 0 heterocycles. The number of hydrogen-bond donors (Lipinski definition) is 0. The van der Waals surface area contributed by atoms with Crippen LogP contribution < -0.4 is 0 Å². The highest BCUT2D eigenvalue weighted by Crippen LogP contribution is 2.38. The maximum absolute atomic E-state index is 12.7. The summed E-state index contributed by atoms with van der Waals surface area (Å²) in [5.41, 5.74) is 1.26. The molecule has 16 heavy (non-hydrogen) atoms. The Morgan fingerprint density at radius 2 is 1.94 bits per heavy atom. The van der Waals surface area contributed by atoms with Crippen molar-refractivity contribution in [2.45, 2.75) is 73.1 Å². The molecule has 0 aromatic rings. The van der Waals surface area contributed by atoms with Crippen LogP contribution in [-0.2, 0) is 0 Å². The van der Waals surface area contributed by atoms with E-state index < -0.39 is 0 Å². The molecular formula is C15H29F. The predicted molar refractivity (Wildman–Crippen MR) is 71.2 cm³/mol. The van der Waals surface area contributed by atoms with E-state index in [1.165, 1.54) is 25.7 Å². The van der Waals surface area contributed by atoms with Gasteiger partial charge in [-0.05, 0) is 42.6 Å². The van der Waals surface area contributed by atoms with Crippen molar-refractivity contribution >= 4 is 0 Å². The van der Waals surface area contributed by atoms with Crippen molar-refractivity contribution in [3.05, 3.63) is 11.9 Å². The average molecular weight is 228 g/mol. The summed E-state index contributed by atoms with van der Waals surface area (Å²) in [7, 11) is 0. The monoisotopic (exact) mass is 228 g/mol. The largest absolute Gasteiger partial charge is 0.216 e. The Kier molecular flexibility index (Phi) is 7.70. The molecule has 0 spiro atoms. The summed E-state index contributed by atoms with van der Waals surface area (Å²) >= 11 is 0. The Morgan fingerprint density at radius 1 is 1.31 bits per heavy atom. The molecule has 1 heteroatoms. The zero-order valence-electron chi connectivity index (χ0n) is 11.8. The smallest absolute Gasteiger partial charge is 0.0859 e. The van der Waals surface area contributed by atoms with Gasteiger partial charge in [-0.3, -0.25) is 0 Å². The lowest BCUT2D eigenvalue weighted by atomic mass is 9.73. The molecule has 0 aliphatic carbocycles. The molecule has 1 atom stereocenters. The third kappa shape index (κ3) is 6.30. The van der Waals surface area contributed by atoms with Gasteiger partial charge in [-0.2, -0.15) is 0 Å². The third-order valence-corrected chi connectivity index (χ3v) is 3.30. The van der Waals surface area contributed by atoms with E-state index in [9.17, 15) is 4.39 Å². The normalized spacial score (nSPS) is 16.6. The van der Waals surface area contributed by atoms with Gasteiger partial charge in [-0.1, -0.05) is 47.5 Å². The van der Waals surface area contributed by atoms with Crippen LogP contribution in [0.15, 0.2) is 11.9 Å². The van der Waals surface area contributed by atoms with Gasteiger partial charge in [-0.25, -0.2) is 4.39 Å². The second-order valence-electron chi connectivity index (χ2n) is 5.81. The topological polar surface area (TPSA) is 0 Å². The van der Waals surface area contributed by atoms with E-state index in [1.54, 1.807) is 0 Å². The molecule has 0 radical (unpaired) electrons. The maximum Gasteiger partial charge on any atom is 0.0859 e. The quantitative estimate of drug-likeness (QED) is 0.486. The first-order valence-corrected chi connectivity index (χ1v) is 6.75. The lowest BCUT2D eigenvalue weighted by molar-refractivity contribution is 0.224. The predicted octanol–water partition coefficient (Wildman–Crippen LogP) is 5.88. The molecule has 0 aliphatic heterocycles. The van der Waals surface area contributed by atoms with Gasteiger partial charge in [0.25, 0.3) is 0 Å².